The minimum Gasteiger partial charge on any atom is -0.377 e. The molecule has 3 rings (SSSR count). The summed E-state index contributed by atoms with van der Waals surface area (Å²) < 4.78 is 36.4. The molecule has 1 unspecified atom stereocenters. The Bertz CT molecular complexity index is 1360. The Labute approximate surface area is 210 Å². The lowest BCUT2D eigenvalue weighted by molar-refractivity contribution is -0.114. The smallest absolute Gasteiger partial charge is 0.257 e. The van der Waals surface area contributed by atoms with E-state index in [0.29, 0.717) is 22.9 Å². The number of nitrogens with zero attached hydrogens (tertiary/aromatic N) is 3. The van der Waals surface area contributed by atoms with Gasteiger partial charge in [0.05, 0.1) is 23.9 Å². The van der Waals surface area contributed by atoms with Crippen molar-refractivity contribution in [2.24, 2.45) is 7.05 Å². The van der Waals surface area contributed by atoms with Crippen molar-refractivity contribution < 1.29 is 17.9 Å². The van der Waals surface area contributed by atoms with Crippen molar-refractivity contribution in [1.29, 1.82) is 0 Å². The Morgan fingerprint density at radius 2 is 2.06 bits per heavy atom. The van der Waals surface area contributed by atoms with Gasteiger partial charge in [-0.25, -0.2) is 13.1 Å². The number of carbonyl (C=O) groups excluding carboxylic acids is 1. The topological polar surface area (TPSA) is 107 Å². The number of amides is 1. The number of nitrogens with one attached hydrogen (secondary N) is 2. The molecule has 2 heterocycles. The molecule has 1 atom stereocenters. The van der Waals surface area contributed by atoms with Crippen LogP contribution in [0.5, 0.6) is 0 Å². The second-order valence-corrected chi connectivity index (χ2v) is 10.4. The van der Waals surface area contributed by atoms with Gasteiger partial charge in [0.1, 0.15) is 11.2 Å². The number of sulfonamides is 1. The summed E-state index contributed by atoms with van der Waals surface area (Å²) in [5.41, 5.74) is 2.28. The van der Waals surface area contributed by atoms with Crippen LogP contribution in [0.25, 0.3) is 22.8 Å². The SMILES string of the molecule is C=CC(NCCOC(C)C)S(=O)(=O)NC(=O)/C=C/c1c(C)nn(C)c1-n1ccc2cc(Cl)ccc21. The van der Waals surface area contributed by atoms with E-state index in [2.05, 4.69) is 21.7 Å². The summed E-state index contributed by atoms with van der Waals surface area (Å²) in [4.78, 5) is 12.5. The quantitative estimate of drug-likeness (QED) is 0.229. The number of aromatic nitrogens is 3. The highest BCUT2D eigenvalue weighted by Crippen LogP contribution is 2.27. The maximum absolute atomic E-state index is 12.6. The van der Waals surface area contributed by atoms with E-state index in [0.717, 1.165) is 16.7 Å². The molecule has 0 fully saturated rings. The minimum absolute atomic E-state index is 0.0311. The highest BCUT2D eigenvalue weighted by atomic mass is 35.5. The molecule has 0 bridgehead atoms. The second kappa shape index (κ2) is 11.2. The Morgan fingerprint density at radius 1 is 1.31 bits per heavy atom. The Kier molecular flexibility index (Phi) is 8.55. The van der Waals surface area contributed by atoms with E-state index >= 15 is 0 Å². The maximum atomic E-state index is 12.6. The normalized spacial score (nSPS) is 13.1. The summed E-state index contributed by atoms with van der Waals surface area (Å²) >= 11 is 6.11. The molecular weight excluding hydrogens is 490 g/mol. The second-order valence-electron chi connectivity index (χ2n) is 8.21. The van der Waals surface area contributed by atoms with E-state index in [9.17, 15) is 13.2 Å². The fourth-order valence-corrected chi connectivity index (χ4v) is 4.90. The van der Waals surface area contributed by atoms with Crippen LogP contribution in [0.2, 0.25) is 5.02 Å². The summed E-state index contributed by atoms with van der Waals surface area (Å²) in [6, 6.07) is 7.51. The van der Waals surface area contributed by atoms with Gasteiger partial charge in [-0.15, -0.1) is 6.58 Å². The van der Waals surface area contributed by atoms with E-state index < -0.39 is 21.3 Å². The molecule has 0 radical (unpaired) electrons. The Hall–Kier alpha value is -2.92. The lowest BCUT2D eigenvalue weighted by Gasteiger charge is -2.16. The van der Waals surface area contributed by atoms with Crippen LogP contribution >= 0.6 is 11.6 Å². The molecule has 0 aliphatic heterocycles. The van der Waals surface area contributed by atoms with Gasteiger partial charge in [0.15, 0.2) is 0 Å². The van der Waals surface area contributed by atoms with Crippen LogP contribution in [-0.2, 0) is 26.6 Å². The van der Waals surface area contributed by atoms with Crippen molar-refractivity contribution in [2.75, 3.05) is 13.2 Å². The van der Waals surface area contributed by atoms with Crippen molar-refractivity contribution in [3.8, 4) is 5.82 Å². The fraction of sp³-hybridized carbons (Fsp3) is 0.333. The zero-order valence-corrected chi connectivity index (χ0v) is 21.7. The first-order valence-electron chi connectivity index (χ1n) is 11.0. The molecule has 1 aromatic carbocycles. The standard InChI is InChI=1S/C24H30ClN5O4S/c1-6-23(26-12-14-34-16(2)3)35(32,33)28-22(31)10-8-20-17(4)27-29(5)24(20)30-13-11-18-15-19(25)7-9-21(18)30/h6-11,13,15-16,23,26H,1,12,14H2,2-5H3,(H,28,31)/b10-8+. The Morgan fingerprint density at radius 3 is 2.74 bits per heavy atom. The first-order valence-corrected chi connectivity index (χ1v) is 13.0. The molecular formula is C24H30ClN5O4S. The molecule has 188 valence electrons. The summed E-state index contributed by atoms with van der Waals surface area (Å²) in [5.74, 6) is -0.0575. The Balaban J connectivity index is 1.79. The average Bonchev–Trinajstić information content (AvgIpc) is 3.30. The third kappa shape index (κ3) is 6.40. The molecule has 11 heteroatoms. The van der Waals surface area contributed by atoms with E-state index in [-0.39, 0.29) is 12.6 Å². The van der Waals surface area contributed by atoms with E-state index in [1.165, 1.54) is 12.2 Å². The number of benzene rings is 1. The van der Waals surface area contributed by atoms with Crippen LogP contribution in [0.15, 0.2) is 49.2 Å². The van der Waals surface area contributed by atoms with Gasteiger partial charge in [-0.1, -0.05) is 17.7 Å². The van der Waals surface area contributed by atoms with Gasteiger partial charge in [-0.3, -0.25) is 14.8 Å². The number of hydrogen-bond donors (Lipinski definition) is 2. The first-order chi connectivity index (χ1) is 16.5. The molecule has 0 aliphatic rings. The minimum atomic E-state index is -4.04. The van der Waals surface area contributed by atoms with Gasteiger partial charge in [-0.05, 0) is 51.1 Å². The third-order valence-corrected chi connectivity index (χ3v) is 6.96. The summed E-state index contributed by atoms with van der Waals surface area (Å²) in [7, 11) is -2.24. The van der Waals surface area contributed by atoms with Crippen molar-refractivity contribution in [3.05, 3.63) is 65.5 Å². The van der Waals surface area contributed by atoms with Gasteiger partial charge in [0, 0.05) is 41.8 Å². The fourth-order valence-electron chi connectivity index (χ4n) is 3.65. The number of ether oxygens (including phenoxy) is 1. The predicted molar refractivity (Wildman–Crippen MR) is 139 cm³/mol. The highest BCUT2D eigenvalue weighted by molar-refractivity contribution is 7.90. The number of rotatable bonds is 11. The lowest BCUT2D eigenvalue weighted by atomic mass is 10.2. The van der Waals surface area contributed by atoms with Gasteiger partial charge in [0.2, 0.25) is 0 Å². The van der Waals surface area contributed by atoms with Gasteiger partial charge in [-0.2, -0.15) is 5.10 Å². The van der Waals surface area contributed by atoms with Crippen LogP contribution in [0, 0.1) is 6.92 Å². The van der Waals surface area contributed by atoms with E-state index in [1.54, 1.807) is 23.9 Å². The number of fused-ring (bicyclic) bond motifs is 1. The van der Waals surface area contributed by atoms with Crippen LogP contribution in [-0.4, -0.2) is 53.3 Å². The van der Waals surface area contributed by atoms with Crippen molar-refractivity contribution >= 4 is 44.5 Å². The summed E-state index contributed by atoms with van der Waals surface area (Å²) in [5, 5.41) is 7.72. The molecule has 0 saturated heterocycles. The zero-order chi connectivity index (χ0) is 25.8. The van der Waals surface area contributed by atoms with Crippen molar-refractivity contribution in [1.82, 2.24) is 24.4 Å². The predicted octanol–water partition coefficient (Wildman–Crippen LogP) is 3.31. The lowest BCUT2D eigenvalue weighted by Crippen LogP contribution is -2.45. The van der Waals surface area contributed by atoms with Gasteiger partial charge in [0.25, 0.3) is 15.9 Å². The molecule has 0 spiro atoms. The molecule has 1 amide bonds. The number of aryl methyl sites for hydroxylation is 2. The van der Waals surface area contributed by atoms with Crippen molar-refractivity contribution in [2.45, 2.75) is 32.2 Å². The third-order valence-electron chi connectivity index (χ3n) is 5.21. The molecule has 9 nitrogen and oxygen atoms in total. The van der Waals surface area contributed by atoms with Crippen LogP contribution in [0.3, 0.4) is 0 Å². The molecule has 0 saturated carbocycles. The largest absolute Gasteiger partial charge is 0.377 e. The zero-order valence-electron chi connectivity index (χ0n) is 20.2. The van der Waals surface area contributed by atoms with E-state index in [4.69, 9.17) is 16.3 Å². The van der Waals surface area contributed by atoms with Crippen LogP contribution in [0.1, 0.15) is 25.1 Å². The van der Waals surface area contributed by atoms with E-state index in [1.807, 2.05) is 49.7 Å². The van der Waals surface area contributed by atoms with Gasteiger partial charge >= 0.3 is 0 Å². The molecule has 35 heavy (non-hydrogen) atoms. The molecule has 3 aromatic rings. The van der Waals surface area contributed by atoms with Crippen LogP contribution < -0.4 is 10.0 Å². The molecule has 2 aromatic heterocycles. The maximum Gasteiger partial charge on any atom is 0.257 e. The molecule has 2 N–H and O–H groups in total. The number of halogens is 1. The highest BCUT2D eigenvalue weighted by Gasteiger charge is 2.23. The number of hydrogen-bond acceptors (Lipinski definition) is 6. The summed E-state index contributed by atoms with van der Waals surface area (Å²) in [6.07, 6.45) is 5.88. The van der Waals surface area contributed by atoms with Crippen LogP contribution in [0.4, 0.5) is 0 Å². The van der Waals surface area contributed by atoms with Gasteiger partial charge < -0.3 is 9.30 Å². The number of carbonyl (C=O) groups is 1. The average molecular weight is 520 g/mol. The molecule has 0 aliphatic carbocycles. The summed E-state index contributed by atoms with van der Waals surface area (Å²) in [6.45, 7) is 9.76. The first kappa shape index (κ1) is 26.7. The monoisotopic (exact) mass is 519 g/mol. The van der Waals surface area contributed by atoms with Crippen molar-refractivity contribution in [3.63, 3.8) is 0 Å².